The fourth-order valence-electron chi connectivity index (χ4n) is 2.48. The molecule has 0 unspecified atom stereocenters. The van der Waals surface area contributed by atoms with Crippen molar-refractivity contribution in [3.8, 4) is 0 Å². The molecule has 1 N–H and O–H groups in total. The number of fused-ring (bicyclic) bond motifs is 1. The quantitative estimate of drug-likeness (QED) is 0.813. The van der Waals surface area contributed by atoms with Crippen LogP contribution in [0.25, 0.3) is 0 Å². The van der Waals surface area contributed by atoms with E-state index in [0.29, 0.717) is 28.9 Å². The van der Waals surface area contributed by atoms with Crippen molar-refractivity contribution in [1.82, 2.24) is 15.5 Å². The van der Waals surface area contributed by atoms with E-state index in [1.807, 2.05) is 0 Å². The number of carbonyl (C=O) groups is 1. The van der Waals surface area contributed by atoms with Gasteiger partial charge in [-0.25, -0.2) is 0 Å². The molecule has 7 heteroatoms. The number of thioether (sulfide) groups is 1. The lowest BCUT2D eigenvalue weighted by Crippen LogP contribution is -2.53. The summed E-state index contributed by atoms with van der Waals surface area (Å²) in [4.78, 5) is 11.8. The molecule has 1 saturated carbocycles. The van der Waals surface area contributed by atoms with Gasteiger partial charge in [0.05, 0.1) is 11.9 Å². The summed E-state index contributed by atoms with van der Waals surface area (Å²) in [6, 6.07) is 0.287. The lowest BCUT2D eigenvalue weighted by molar-refractivity contribution is -0.121. The second-order valence-corrected chi connectivity index (χ2v) is 5.57. The Morgan fingerprint density at radius 3 is 3.17 bits per heavy atom. The molecule has 1 aliphatic carbocycles. The Labute approximate surface area is 109 Å². The van der Waals surface area contributed by atoms with Gasteiger partial charge in [0.1, 0.15) is 0 Å². The summed E-state index contributed by atoms with van der Waals surface area (Å²) in [6.45, 7) is 2.56. The summed E-state index contributed by atoms with van der Waals surface area (Å²) >= 11 is 1.27. The fourth-order valence-corrected chi connectivity index (χ4v) is 3.09. The van der Waals surface area contributed by atoms with Crippen LogP contribution in [0, 0.1) is 12.8 Å². The van der Waals surface area contributed by atoms with Gasteiger partial charge in [-0.3, -0.25) is 4.79 Å². The largest absolute Gasteiger partial charge is 0.416 e. The standard InChI is InChI=1S/C11H15N3O3S/c1-6-13-14-11(17-6)18-5-10(15)12-8-4-9-7(8)2-3-16-9/h7-9H,2-5H2,1H3,(H,12,15)/t7-,8+,9+/m1/s1. The summed E-state index contributed by atoms with van der Waals surface area (Å²) in [5, 5.41) is 11.0. The van der Waals surface area contributed by atoms with Crippen molar-refractivity contribution in [2.45, 2.75) is 37.1 Å². The maximum atomic E-state index is 11.8. The SMILES string of the molecule is Cc1nnc(SCC(=O)N[C@H]2C[C@@H]3OCC[C@H]23)o1. The molecule has 2 aliphatic rings. The number of aryl methyl sites for hydroxylation is 1. The molecule has 1 aliphatic heterocycles. The van der Waals surface area contributed by atoms with E-state index in [9.17, 15) is 4.79 Å². The maximum absolute atomic E-state index is 11.8. The third-order valence-corrected chi connectivity index (χ3v) is 4.26. The Morgan fingerprint density at radius 1 is 1.56 bits per heavy atom. The van der Waals surface area contributed by atoms with Crippen molar-refractivity contribution in [3.05, 3.63) is 5.89 Å². The van der Waals surface area contributed by atoms with Gasteiger partial charge in [0.15, 0.2) is 0 Å². The molecule has 0 bridgehead atoms. The Bertz CT molecular complexity index is 450. The van der Waals surface area contributed by atoms with Gasteiger partial charge < -0.3 is 14.5 Å². The summed E-state index contributed by atoms with van der Waals surface area (Å²) in [5.41, 5.74) is 0. The molecular weight excluding hydrogens is 254 g/mol. The second kappa shape index (κ2) is 4.89. The summed E-state index contributed by atoms with van der Waals surface area (Å²) < 4.78 is 10.7. The maximum Gasteiger partial charge on any atom is 0.277 e. The molecule has 0 spiro atoms. The highest BCUT2D eigenvalue weighted by molar-refractivity contribution is 7.99. The lowest BCUT2D eigenvalue weighted by Gasteiger charge is -2.39. The van der Waals surface area contributed by atoms with Crippen LogP contribution in [0.1, 0.15) is 18.7 Å². The highest BCUT2D eigenvalue weighted by Gasteiger charge is 2.45. The van der Waals surface area contributed by atoms with Gasteiger partial charge in [-0.05, 0) is 12.8 Å². The molecule has 0 aromatic carbocycles. The predicted molar refractivity (Wildman–Crippen MR) is 64.2 cm³/mol. The van der Waals surface area contributed by atoms with Crippen LogP contribution in [-0.4, -0.2) is 40.6 Å². The van der Waals surface area contributed by atoms with E-state index >= 15 is 0 Å². The van der Waals surface area contributed by atoms with Crippen LogP contribution in [0.4, 0.5) is 0 Å². The van der Waals surface area contributed by atoms with Crippen molar-refractivity contribution < 1.29 is 13.9 Å². The molecule has 98 valence electrons. The Morgan fingerprint density at radius 2 is 2.44 bits per heavy atom. The highest BCUT2D eigenvalue weighted by atomic mass is 32.2. The smallest absolute Gasteiger partial charge is 0.277 e. The molecule has 0 radical (unpaired) electrons. The number of carbonyl (C=O) groups excluding carboxylic acids is 1. The second-order valence-electron chi connectivity index (χ2n) is 4.65. The first-order valence-electron chi connectivity index (χ1n) is 6.06. The molecule has 18 heavy (non-hydrogen) atoms. The minimum atomic E-state index is 0.0196. The molecule has 3 rings (SSSR count). The third-order valence-electron chi connectivity index (χ3n) is 3.44. The zero-order chi connectivity index (χ0) is 12.5. The number of nitrogens with zero attached hydrogens (tertiary/aromatic N) is 2. The molecule has 1 aromatic heterocycles. The van der Waals surface area contributed by atoms with Gasteiger partial charge in [0.25, 0.3) is 5.22 Å². The van der Waals surface area contributed by atoms with Crippen LogP contribution in [0.2, 0.25) is 0 Å². The van der Waals surface area contributed by atoms with E-state index in [-0.39, 0.29) is 11.9 Å². The first-order chi connectivity index (χ1) is 8.72. The highest BCUT2D eigenvalue weighted by Crippen LogP contribution is 2.38. The number of hydrogen-bond acceptors (Lipinski definition) is 6. The van der Waals surface area contributed by atoms with E-state index in [2.05, 4.69) is 15.5 Å². The summed E-state index contributed by atoms with van der Waals surface area (Å²) in [5.74, 6) is 1.37. The first-order valence-corrected chi connectivity index (χ1v) is 7.05. The van der Waals surface area contributed by atoms with E-state index in [1.54, 1.807) is 6.92 Å². The van der Waals surface area contributed by atoms with E-state index in [0.717, 1.165) is 19.4 Å². The van der Waals surface area contributed by atoms with Crippen molar-refractivity contribution >= 4 is 17.7 Å². The zero-order valence-corrected chi connectivity index (χ0v) is 10.9. The van der Waals surface area contributed by atoms with E-state index in [1.165, 1.54) is 11.8 Å². The van der Waals surface area contributed by atoms with Gasteiger partial charge in [-0.1, -0.05) is 11.8 Å². The van der Waals surface area contributed by atoms with Gasteiger partial charge in [0.2, 0.25) is 11.8 Å². The number of amides is 1. The molecule has 6 nitrogen and oxygen atoms in total. The first kappa shape index (κ1) is 12.0. The fraction of sp³-hybridized carbons (Fsp3) is 0.727. The molecule has 2 heterocycles. The van der Waals surface area contributed by atoms with E-state index in [4.69, 9.17) is 9.15 Å². The predicted octanol–water partition coefficient (Wildman–Crippen LogP) is 0.764. The summed E-state index contributed by atoms with van der Waals surface area (Å²) in [7, 11) is 0. The van der Waals surface area contributed by atoms with Crippen LogP contribution >= 0.6 is 11.8 Å². The van der Waals surface area contributed by atoms with Crippen molar-refractivity contribution in [3.63, 3.8) is 0 Å². The minimum Gasteiger partial charge on any atom is -0.416 e. The number of hydrogen-bond donors (Lipinski definition) is 1. The van der Waals surface area contributed by atoms with Gasteiger partial charge in [-0.15, -0.1) is 10.2 Å². The van der Waals surface area contributed by atoms with Crippen LogP contribution < -0.4 is 5.32 Å². The number of aromatic nitrogens is 2. The molecule has 3 atom stereocenters. The van der Waals surface area contributed by atoms with Crippen LogP contribution in [0.15, 0.2) is 9.64 Å². The molecular formula is C11H15N3O3S. The van der Waals surface area contributed by atoms with Crippen LogP contribution in [0.5, 0.6) is 0 Å². The van der Waals surface area contributed by atoms with Crippen LogP contribution in [0.3, 0.4) is 0 Å². The molecule has 2 fully saturated rings. The third kappa shape index (κ3) is 2.37. The average Bonchev–Trinajstić information content (AvgIpc) is 2.90. The zero-order valence-electron chi connectivity index (χ0n) is 10.1. The topological polar surface area (TPSA) is 77.2 Å². The Kier molecular flexibility index (Phi) is 3.25. The van der Waals surface area contributed by atoms with Crippen LogP contribution in [-0.2, 0) is 9.53 Å². The minimum absolute atomic E-state index is 0.0196. The van der Waals surface area contributed by atoms with Crippen molar-refractivity contribution in [2.75, 3.05) is 12.4 Å². The van der Waals surface area contributed by atoms with Gasteiger partial charge in [-0.2, -0.15) is 0 Å². The Hall–Kier alpha value is -1.08. The van der Waals surface area contributed by atoms with Gasteiger partial charge >= 0.3 is 0 Å². The average molecular weight is 269 g/mol. The monoisotopic (exact) mass is 269 g/mol. The molecule has 1 saturated heterocycles. The Balaban J connectivity index is 1.42. The van der Waals surface area contributed by atoms with Crippen molar-refractivity contribution in [1.29, 1.82) is 0 Å². The number of nitrogens with one attached hydrogen (secondary N) is 1. The lowest BCUT2D eigenvalue weighted by atomic mass is 9.76. The van der Waals surface area contributed by atoms with E-state index < -0.39 is 0 Å². The van der Waals surface area contributed by atoms with Crippen molar-refractivity contribution in [2.24, 2.45) is 5.92 Å². The molecule has 1 amide bonds. The van der Waals surface area contributed by atoms with Gasteiger partial charge in [0, 0.05) is 25.5 Å². The molecule has 1 aromatic rings. The number of ether oxygens (including phenoxy) is 1. The number of rotatable bonds is 4. The summed E-state index contributed by atoms with van der Waals surface area (Å²) in [6.07, 6.45) is 2.38. The normalized spacial score (nSPS) is 29.7.